The second-order valence-electron chi connectivity index (χ2n) is 6.16. The second kappa shape index (κ2) is 6.87. The number of carbonyl (C=O) groups is 1. The third-order valence-corrected chi connectivity index (χ3v) is 4.13. The van der Waals surface area contributed by atoms with Crippen molar-refractivity contribution < 1.29 is 4.79 Å². The van der Waals surface area contributed by atoms with Crippen LogP contribution in [-0.4, -0.2) is 25.1 Å². The molecule has 0 fully saturated rings. The maximum Gasteiger partial charge on any atom is 0.267 e. The third-order valence-electron chi connectivity index (χ3n) is 4.13. The minimum absolute atomic E-state index is 0.153. The highest BCUT2D eigenvalue weighted by Crippen LogP contribution is 2.27. The van der Waals surface area contributed by atoms with E-state index in [0.29, 0.717) is 11.4 Å². The van der Waals surface area contributed by atoms with Gasteiger partial charge in [-0.25, -0.2) is 9.67 Å². The van der Waals surface area contributed by atoms with Crippen molar-refractivity contribution in [2.75, 3.05) is 5.32 Å². The molecular formula is C20H17N5O2. The van der Waals surface area contributed by atoms with Gasteiger partial charge in [0.2, 0.25) is 5.91 Å². The van der Waals surface area contributed by atoms with Crippen LogP contribution in [-0.2, 0) is 11.3 Å². The van der Waals surface area contributed by atoms with Crippen LogP contribution in [0.2, 0.25) is 0 Å². The number of hydrogen-bond acceptors (Lipinski definition) is 4. The summed E-state index contributed by atoms with van der Waals surface area (Å²) in [6.45, 7) is 1.62. The lowest BCUT2D eigenvalue weighted by molar-refractivity contribution is -0.117. The molecule has 0 radical (unpaired) electrons. The summed E-state index contributed by atoms with van der Waals surface area (Å²) >= 11 is 0. The average molecular weight is 359 g/mol. The van der Waals surface area contributed by atoms with Gasteiger partial charge in [-0.1, -0.05) is 24.3 Å². The number of amides is 1. The first-order chi connectivity index (χ1) is 13.1. The number of aryl methyl sites for hydroxylation is 1. The van der Waals surface area contributed by atoms with Gasteiger partial charge in [-0.15, -0.1) is 0 Å². The van der Waals surface area contributed by atoms with Gasteiger partial charge in [0.15, 0.2) is 0 Å². The molecule has 7 nitrogen and oxygen atoms in total. The molecule has 3 aromatic heterocycles. The van der Waals surface area contributed by atoms with Crippen LogP contribution in [0.5, 0.6) is 0 Å². The third kappa shape index (κ3) is 3.48. The lowest BCUT2D eigenvalue weighted by atomic mass is 10.1. The first-order valence-corrected chi connectivity index (χ1v) is 8.48. The number of rotatable bonds is 4. The highest BCUT2D eigenvalue weighted by Gasteiger charge is 2.12. The van der Waals surface area contributed by atoms with Gasteiger partial charge in [-0.3, -0.25) is 9.59 Å². The normalized spacial score (nSPS) is 10.9. The standard InChI is InChI=1S/C20H17N5O2/c1-14-9-10-20(27)25(23-14)13-19(26)22-16-7-3-2-6-15(16)17-12-24-11-5-4-8-18(24)21-17/h2-12H,13H2,1H3,(H,22,26). The van der Waals surface area contributed by atoms with E-state index in [9.17, 15) is 9.59 Å². The van der Waals surface area contributed by atoms with Crippen molar-refractivity contribution in [3.8, 4) is 11.3 Å². The van der Waals surface area contributed by atoms with Crippen LogP contribution >= 0.6 is 0 Å². The summed E-state index contributed by atoms with van der Waals surface area (Å²) in [5.74, 6) is -0.327. The lowest BCUT2D eigenvalue weighted by Gasteiger charge is -2.10. The molecule has 27 heavy (non-hydrogen) atoms. The molecule has 0 saturated heterocycles. The Morgan fingerprint density at radius 2 is 1.89 bits per heavy atom. The van der Waals surface area contributed by atoms with Gasteiger partial charge in [-0.05, 0) is 31.2 Å². The fourth-order valence-electron chi connectivity index (χ4n) is 2.87. The SMILES string of the molecule is Cc1ccc(=O)n(CC(=O)Nc2ccccc2-c2cn3ccccc3n2)n1. The predicted octanol–water partition coefficient (Wildman–Crippen LogP) is 2.51. The molecule has 0 aliphatic carbocycles. The molecule has 134 valence electrons. The summed E-state index contributed by atoms with van der Waals surface area (Å²) in [5, 5.41) is 6.95. The minimum Gasteiger partial charge on any atom is -0.324 e. The van der Waals surface area contributed by atoms with Crippen LogP contribution < -0.4 is 10.9 Å². The van der Waals surface area contributed by atoms with Crippen LogP contribution in [0.1, 0.15) is 5.69 Å². The van der Waals surface area contributed by atoms with Gasteiger partial charge < -0.3 is 9.72 Å². The number of fused-ring (bicyclic) bond motifs is 1. The summed E-state index contributed by atoms with van der Waals surface area (Å²) in [6.07, 6.45) is 3.83. The number of benzene rings is 1. The quantitative estimate of drug-likeness (QED) is 0.607. The highest BCUT2D eigenvalue weighted by atomic mass is 16.2. The smallest absolute Gasteiger partial charge is 0.267 e. The highest BCUT2D eigenvalue weighted by molar-refractivity contribution is 5.95. The summed E-state index contributed by atoms with van der Waals surface area (Å²) in [4.78, 5) is 28.9. The first-order valence-electron chi connectivity index (χ1n) is 8.48. The lowest BCUT2D eigenvalue weighted by Crippen LogP contribution is -2.29. The van der Waals surface area contributed by atoms with Crippen LogP contribution in [0, 0.1) is 6.92 Å². The Bertz CT molecular complexity index is 1160. The maximum absolute atomic E-state index is 12.5. The van der Waals surface area contributed by atoms with E-state index in [2.05, 4.69) is 15.4 Å². The van der Waals surface area contributed by atoms with Crippen LogP contribution in [0.3, 0.4) is 0 Å². The summed E-state index contributed by atoms with van der Waals surface area (Å²) in [7, 11) is 0. The van der Waals surface area contributed by atoms with E-state index >= 15 is 0 Å². The van der Waals surface area contributed by atoms with Crippen molar-refractivity contribution in [1.82, 2.24) is 19.2 Å². The topological polar surface area (TPSA) is 81.3 Å². The minimum atomic E-state index is -0.327. The molecule has 7 heteroatoms. The molecule has 0 aliphatic heterocycles. The van der Waals surface area contributed by atoms with E-state index in [0.717, 1.165) is 21.6 Å². The maximum atomic E-state index is 12.5. The number of imidazole rings is 1. The van der Waals surface area contributed by atoms with Gasteiger partial charge in [0.25, 0.3) is 5.56 Å². The summed E-state index contributed by atoms with van der Waals surface area (Å²) in [6, 6.07) is 16.2. The Balaban J connectivity index is 1.62. The van der Waals surface area contributed by atoms with Gasteiger partial charge >= 0.3 is 0 Å². The fourth-order valence-corrected chi connectivity index (χ4v) is 2.87. The predicted molar refractivity (Wildman–Crippen MR) is 102 cm³/mol. The average Bonchev–Trinajstić information content (AvgIpc) is 3.09. The molecule has 1 aromatic carbocycles. The number of nitrogens with one attached hydrogen (secondary N) is 1. The van der Waals surface area contributed by atoms with Gasteiger partial charge in [0.1, 0.15) is 12.2 Å². The Morgan fingerprint density at radius 3 is 2.74 bits per heavy atom. The molecule has 0 aliphatic rings. The number of aromatic nitrogens is 4. The van der Waals surface area contributed by atoms with Crippen LogP contribution in [0.4, 0.5) is 5.69 Å². The zero-order valence-corrected chi connectivity index (χ0v) is 14.7. The fraction of sp³-hybridized carbons (Fsp3) is 0.100. The number of carbonyl (C=O) groups excluding carboxylic acids is 1. The number of nitrogens with zero attached hydrogens (tertiary/aromatic N) is 4. The first kappa shape index (κ1) is 16.7. The zero-order valence-electron chi connectivity index (χ0n) is 14.7. The molecule has 0 bridgehead atoms. The molecule has 1 amide bonds. The van der Waals surface area contributed by atoms with E-state index in [1.807, 2.05) is 59.3 Å². The number of hydrogen-bond donors (Lipinski definition) is 1. The summed E-state index contributed by atoms with van der Waals surface area (Å²) in [5.41, 5.74) is 3.37. The van der Waals surface area contributed by atoms with E-state index in [1.165, 1.54) is 6.07 Å². The number of para-hydroxylation sites is 1. The number of pyridine rings is 1. The Morgan fingerprint density at radius 1 is 1.07 bits per heavy atom. The number of anilines is 1. The molecule has 4 rings (SSSR count). The Labute approximate surface area is 154 Å². The molecule has 1 N–H and O–H groups in total. The van der Waals surface area contributed by atoms with E-state index < -0.39 is 0 Å². The molecule has 3 heterocycles. The van der Waals surface area contributed by atoms with Crippen molar-refractivity contribution in [2.24, 2.45) is 0 Å². The largest absolute Gasteiger partial charge is 0.324 e. The molecule has 0 unspecified atom stereocenters. The van der Waals surface area contributed by atoms with E-state index in [1.54, 1.807) is 13.0 Å². The van der Waals surface area contributed by atoms with Gasteiger partial charge in [-0.2, -0.15) is 5.10 Å². The van der Waals surface area contributed by atoms with Crippen molar-refractivity contribution in [2.45, 2.75) is 13.5 Å². The molecule has 4 aromatic rings. The molecule has 0 atom stereocenters. The van der Waals surface area contributed by atoms with Crippen molar-refractivity contribution in [3.05, 3.63) is 83.0 Å². The van der Waals surface area contributed by atoms with Crippen LogP contribution in [0.25, 0.3) is 16.9 Å². The molecule has 0 spiro atoms. The van der Waals surface area contributed by atoms with E-state index in [4.69, 9.17) is 0 Å². The van der Waals surface area contributed by atoms with Crippen molar-refractivity contribution >= 4 is 17.2 Å². The molecular weight excluding hydrogens is 342 g/mol. The van der Waals surface area contributed by atoms with Crippen LogP contribution in [0.15, 0.2) is 71.8 Å². The van der Waals surface area contributed by atoms with E-state index in [-0.39, 0.29) is 18.0 Å². The molecule has 0 saturated carbocycles. The van der Waals surface area contributed by atoms with Gasteiger partial charge in [0, 0.05) is 24.0 Å². The monoisotopic (exact) mass is 359 g/mol. The Hall–Kier alpha value is -3.74. The second-order valence-corrected chi connectivity index (χ2v) is 6.16. The van der Waals surface area contributed by atoms with Crippen molar-refractivity contribution in [3.63, 3.8) is 0 Å². The zero-order chi connectivity index (χ0) is 18.8. The summed E-state index contributed by atoms with van der Waals surface area (Å²) < 4.78 is 3.07. The Kier molecular flexibility index (Phi) is 4.25. The van der Waals surface area contributed by atoms with Gasteiger partial charge in [0.05, 0.1) is 17.1 Å². The van der Waals surface area contributed by atoms with Crippen molar-refractivity contribution in [1.29, 1.82) is 0 Å².